The minimum atomic E-state index is 0.0929. The van der Waals surface area contributed by atoms with Crippen LogP contribution in [0.5, 0.6) is 0 Å². The minimum absolute atomic E-state index is 0.0929. The Bertz CT molecular complexity index is 420. The van der Waals surface area contributed by atoms with Gasteiger partial charge < -0.3 is 10.4 Å². The van der Waals surface area contributed by atoms with Crippen LogP contribution in [0, 0.1) is 5.92 Å². The van der Waals surface area contributed by atoms with Gasteiger partial charge in [0.25, 0.3) is 0 Å². The number of halogens is 3. The van der Waals surface area contributed by atoms with Gasteiger partial charge in [-0.25, -0.2) is 0 Å². The molecular weight excluding hydrogens is 317 g/mol. The first-order valence-electron chi connectivity index (χ1n) is 6.98. The highest BCUT2D eigenvalue weighted by Crippen LogP contribution is 2.35. The fourth-order valence-corrected chi connectivity index (χ4v) is 2.97. The second-order valence-electron chi connectivity index (χ2n) is 5.06. The van der Waals surface area contributed by atoms with Gasteiger partial charge in [0.15, 0.2) is 0 Å². The third-order valence-electron chi connectivity index (χ3n) is 3.48. The van der Waals surface area contributed by atoms with Crippen LogP contribution in [0.3, 0.4) is 0 Å². The molecule has 0 aliphatic rings. The summed E-state index contributed by atoms with van der Waals surface area (Å²) in [4.78, 5) is 0. The number of aliphatic hydroxyl groups excluding tert-OH is 1. The van der Waals surface area contributed by atoms with Crippen LogP contribution in [-0.4, -0.2) is 18.3 Å². The number of aliphatic hydroxyl groups is 1. The van der Waals surface area contributed by atoms with Gasteiger partial charge in [-0.2, -0.15) is 0 Å². The molecule has 1 aromatic carbocycles. The van der Waals surface area contributed by atoms with E-state index in [0.29, 0.717) is 21.0 Å². The van der Waals surface area contributed by atoms with Crippen molar-refractivity contribution < 1.29 is 5.11 Å². The van der Waals surface area contributed by atoms with Gasteiger partial charge in [0.05, 0.1) is 15.1 Å². The third-order valence-corrected chi connectivity index (χ3v) is 4.79. The minimum Gasteiger partial charge on any atom is -0.396 e. The number of hydrogen-bond donors (Lipinski definition) is 2. The first kappa shape index (κ1) is 18.1. The van der Waals surface area contributed by atoms with Gasteiger partial charge in [0.1, 0.15) is 0 Å². The molecule has 0 fully saturated rings. The quantitative estimate of drug-likeness (QED) is 0.647. The highest BCUT2D eigenvalue weighted by molar-refractivity contribution is 6.48. The molecule has 20 heavy (non-hydrogen) atoms. The number of benzene rings is 1. The SMILES string of the molecule is CCCC(CCO)CNC(C)c1ccc(Cl)c(Cl)c1Cl. The van der Waals surface area contributed by atoms with Crippen LogP contribution >= 0.6 is 34.8 Å². The summed E-state index contributed by atoms with van der Waals surface area (Å²) in [5.74, 6) is 0.481. The first-order valence-corrected chi connectivity index (χ1v) is 8.12. The van der Waals surface area contributed by atoms with Gasteiger partial charge in [-0.3, -0.25) is 0 Å². The smallest absolute Gasteiger partial charge is 0.0781 e. The normalized spacial score (nSPS) is 14.3. The first-order chi connectivity index (χ1) is 9.51. The standard InChI is InChI=1S/C15H22Cl3NO/c1-3-4-11(7-8-20)9-19-10(2)12-5-6-13(16)15(18)14(12)17/h5-6,10-11,19-20H,3-4,7-9H2,1-2H3. The largest absolute Gasteiger partial charge is 0.396 e. The van der Waals surface area contributed by atoms with Crippen LogP contribution in [-0.2, 0) is 0 Å². The zero-order valence-electron chi connectivity index (χ0n) is 11.9. The van der Waals surface area contributed by atoms with Gasteiger partial charge in [-0.1, -0.05) is 54.2 Å². The Morgan fingerprint density at radius 3 is 2.45 bits per heavy atom. The Morgan fingerprint density at radius 1 is 1.15 bits per heavy atom. The van der Waals surface area contributed by atoms with Crippen LogP contribution in [0.1, 0.15) is 44.7 Å². The second kappa shape index (κ2) is 9.11. The van der Waals surface area contributed by atoms with Crippen molar-refractivity contribution in [1.82, 2.24) is 5.32 Å². The molecule has 0 aliphatic carbocycles. The van der Waals surface area contributed by atoms with Crippen molar-refractivity contribution in [3.63, 3.8) is 0 Å². The van der Waals surface area contributed by atoms with Crippen molar-refractivity contribution in [2.75, 3.05) is 13.2 Å². The summed E-state index contributed by atoms with van der Waals surface area (Å²) in [6, 6.07) is 3.76. The average molecular weight is 339 g/mol. The van der Waals surface area contributed by atoms with E-state index in [1.807, 2.05) is 13.0 Å². The highest BCUT2D eigenvalue weighted by Gasteiger charge is 2.15. The molecule has 1 rings (SSSR count). The molecule has 0 heterocycles. The van der Waals surface area contributed by atoms with Crippen molar-refractivity contribution in [3.05, 3.63) is 32.8 Å². The number of hydrogen-bond acceptors (Lipinski definition) is 2. The predicted molar refractivity (Wildman–Crippen MR) is 88.0 cm³/mol. The molecule has 0 spiro atoms. The fourth-order valence-electron chi connectivity index (χ4n) is 2.27. The molecule has 2 N–H and O–H groups in total. The molecular formula is C15H22Cl3NO. The molecule has 2 atom stereocenters. The molecule has 0 aromatic heterocycles. The molecule has 0 bridgehead atoms. The summed E-state index contributed by atoms with van der Waals surface area (Å²) < 4.78 is 0. The van der Waals surface area contributed by atoms with E-state index in [1.165, 1.54) is 0 Å². The van der Waals surface area contributed by atoms with Crippen molar-refractivity contribution in [3.8, 4) is 0 Å². The lowest BCUT2D eigenvalue weighted by molar-refractivity contribution is 0.246. The van der Waals surface area contributed by atoms with Crippen LogP contribution < -0.4 is 5.32 Å². The second-order valence-corrected chi connectivity index (χ2v) is 6.22. The van der Waals surface area contributed by atoms with Crippen molar-refractivity contribution >= 4 is 34.8 Å². The monoisotopic (exact) mass is 337 g/mol. The van der Waals surface area contributed by atoms with Gasteiger partial charge in [0.2, 0.25) is 0 Å². The molecule has 1 aromatic rings. The maximum absolute atomic E-state index is 9.08. The van der Waals surface area contributed by atoms with Crippen LogP contribution in [0.4, 0.5) is 0 Å². The lowest BCUT2D eigenvalue weighted by atomic mass is 9.99. The predicted octanol–water partition coefficient (Wildman–Crippen LogP) is 5.10. The van der Waals surface area contributed by atoms with E-state index in [1.54, 1.807) is 6.07 Å². The summed E-state index contributed by atoms with van der Waals surface area (Å²) in [7, 11) is 0. The van der Waals surface area contributed by atoms with E-state index < -0.39 is 0 Å². The Hall–Kier alpha value is 0.01000. The van der Waals surface area contributed by atoms with E-state index in [2.05, 4.69) is 12.2 Å². The highest BCUT2D eigenvalue weighted by atomic mass is 35.5. The van der Waals surface area contributed by atoms with E-state index in [9.17, 15) is 0 Å². The van der Waals surface area contributed by atoms with Gasteiger partial charge >= 0.3 is 0 Å². The summed E-state index contributed by atoms with van der Waals surface area (Å²) in [5, 5.41) is 13.9. The summed E-state index contributed by atoms with van der Waals surface area (Å²) >= 11 is 18.2. The van der Waals surface area contributed by atoms with E-state index >= 15 is 0 Å². The van der Waals surface area contributed by atoms with Crippen molar-refractivity contribution in [2.24, 2.45) is 5.92 Å². The Labute approximate surface area is 136 Å². The molecule has 0 radical (unpaired) electrons. The van der Waals surface area contributed by atoms with E-state index in [0.717, 1.165) is 31.4 Å². The van der Waals surface area contributed by atoms with Gasteiger partial charge in [-0.15, -0.1) is 0 Å². The van der Waals surface area contributed by atoms with Crippen molar-refractivity contribution in [2.45, 2.75) is 39.2 Å². The molecule has 2 unspecified atom stereocenters. The zero-order valence-corrected chi connectivity index (χ0v) is 14.2. The van der Waals surface area contributed by atoms with Gasteiger partial charge in [-0.05, 0) is 43.9 Å². The summed E-state index contributed by atoms with van der Waals surface area (Å²) in [6.07, 6.45) is 3.05. The van der Waals surface area contributed by atoms with Crippen LogP contribution in [0.2, 0.25) is 15.1 Å². The molecule has 5 heteroatoms. The Balaban J connectivity index is 2.66. The topological polar surface area (TPSA) is 32.3 Å². The third kappa shape index (κ3) is 5.09. The lowest BCUT2D eigenvalue weighted by Crippen LogP contribution is -2.26. The molecule has 0 saturated heterocycles. The Kier molecular flexibility index (Phi) is 8.23. The maximum Gasteiger partial charge on any atom is 0.0781 e. The van der Waals surface area contributed by atoms with Crippen molar-refractivity contribution in [1.29, 1.82) is 0 Å². The fraction of sp³-hybridized carbons (Fsp3) is 0.600. The molecule has 0 amide bonds. The van der Waals surface area contributed by atoms with E-state index in [4.69, 9.17) is 39.9 Å². The van der Waals surface area contributed by atoms with Crippen LogP contribution in [0.25, 0.3) is 0 Å². The zero-order chi connectivity index (χ0) is 15.1. The number of rotatable bonds is 8. The lowest BCUT2D eigenvalue weighted by Gasteiger charge is -2.21. The van der Waals surface area contributed by atoms with Gasteiger partial charge in [0, 0.05) is 12.6 Å². The molecule has 114 valence electrons. The average Bonchev–Trinajstić information content (AvgIpc) is 2.42. The summed E-state index contributed by atoms with van der Waals surface area (Å²) in [6.45, 7) is 5.29. The molecule has 0 aliphatic heterocycles. The maximum atomic E-state index is 9.08. The Morgan fingerprint density at radius 2 is 1.85 bits per heavy atom. The molecule has 2 nitrogen and oxygen atoms in total. The molecule has 0 saturated carbocycles. The van der Waals surface area contributed by atoms with Crippen LogP contribution in [0.15, 0.2) is 12.1 Å². The van der Waals surface area contributed by atoms with E-state index in [-0.39, 0.29) is 12.6 Å². The number of nitrogens with one attached hydrogen (secondary N) is 1. The summed E-state index contributed by atoms with van der Waals surface area (Å²) in [5.41, 5.74) is 0.945.